The highest BCUT2D eigenvalue weighted by Crippen LogP contribution is 2.56. The number of carbonyl (C=O) groups excluding carboxylic acids is 1. The molecule has 2 rings (SSSR count). The number of rotatable bonds is 2. The lowest BCUT2D eigenvalue weighted by atomic mass is 10.1. The van der Waals surface area contributed by atoms with Gasteiger partial charge in [0.05, 0.1) is 10.6 Å². The van der Waals surface area contributed by atoms with E-state index in [4.69, 9.17) is 0 Å². The maximum Gasteiger partial charge on any atom is 0.243 e. The average molecular weight is 348 g/mol. The Balaban J connectivity index is 2.66. The van der Waals surface area contributed by atoms with Crippen LogP contribution in [0.15, 0.2) is 23.1 Å². The minimum Gasteiger partial charge on any atom is -0.273 e. The molecule has 1 amide bonds. The quantitative estimate of drug-likeness (QED) is 0.850. The van der Waals surface area contributed by atoms with Crippen molar-refractivity contribution < 1.29 is 22.3 Å². The first-order valence-electron chi connectivity index (χ1n) is 6.65. The first-order valence-corrected chi connectivity index (χ1v) is 10.0. The summed E-state index contributed by atoms with van der Waals surface area (Å²) in [7, 11) is -6.84. The number of carbonyl (C=O) groups is 1. The molecule has 0 unspecified atom stereocenters. The van der Waals surface area contributed by atoms with E-state index < -0.39 is 26.7 Å². The summed E-state index contributed by atoms with van der Waals surface area (Å²) in [5, 5.41) is 0. The number of amides is 1. The third-order valence-corrected chi connectivity index (χ3v) is 6.68. The molecule has 1 aliphatic rings. The van der Waals surface area contributed by atoms with Gasteiger partial charge in [-0.25, -0.2) is 8.42 Å². The number of fused-ring (bicyclic) bond motifs is 1. The van der Waals surface area contributed by atoms with Gasteiger partial charge in [0.2, 0.25) is 5.91 Å². The second kappa shape index (κ2) is 5.50. The average Bonchev–Trinajstić information content (AvgIpc) is 2.34. The highest BCUT2D eigenvalue weighted by Gasteiger charge is 2.40. The van der Waals surface area contributed by atoms with Gasteiger partial charge in [-0.3, -0.25) is 13.9 Å². The van der Waals surface area contributed by atoms with Gasteiger partial charge in [-0.05, 0) is 48.6 Å². The van der Waals surface area contributed by atoms with Gasteiger partial charge in [0, 0.05) is 25.8 Å². The lowest BCUT2D eigenvalue weighted by molar-refractivity contribution is -0.115. The third kappa shape index (κ3) is 2.86. The fourth-order valence-electron chi connectivity index (χ4n) is 2.42. The number of sulfone groups is 1. The minimum absolute atomic E-state index is 0.136. The van der Waals surface area contributed by atoms with Gasteiger partial charge < -0.3 is 0 Å². The highest BCUT2D eigenvalue weighted by atomic mass is 32.3. The Morgan fingerprint density at radius 1 is 1.32 bits per heavy atom. The summed E-state index contributed by atoms with van der Waals surface area (Å²) in [5.41, 5.74) is 0.898. The molecular formula is C13H20N2O5S2. The Labute approximate surface area is 132 Å². The normalized spacial score (nSPS) is 19.9. The first-order chi connectivity index (χ1) is 9.96. The summed E-state index contributed by atoms with van der Waals surface area (Å²) in [6.45, 7) is 4.95. The lowest BCUT2D eigenvalue weighted by Crippen LogP contribution is -2.48. The molecule has 0 aliphatic carbocycles. The molecule has 7 nitrogen and oxygen atoms in total. The maximum atomic E-state index is 11.9. The molecular weight excluding hydrogens is 328 g/mol. The second-order valence-corrected chi connectivity index (χ2v) is 9.36. The van der Waals surface area contributed by atoms with E-state index in [1.807, 2.05) is 0 Å². The predicted octanol–water partition coefficient (Wildman–Crippen LogP) is 2.25. The first kappa shape index (κ1) is 17.2. The van der Waals surface area contributed by atoms with Gasteiger partial charge in [-0.1, -0.05) is 0 Å². The van der Waals surface area contributed by atoms with E-state index in [1.54, 1.807) is 13.8 Å². The monoisotopic (exact) mass is 348 g/mol. The van der Waals surface area contributed by atoms with Crippen molar-refractivity contribution in [1.29, 1.82) is 0 Å². The molecule has 2 N–H and O–H groups in total. The maximum absolute atomic E-state index is 11.9. The van der Waals surface area contributed by atoms with E-state index in [9.17, 15) is 22.3 Å². The van der Waals surface area contributed by atoms with Gasteiger partial charge in [-0.2, -0.15) is 8.61 Å². The van der Waals surface area contributed by atoms with E-state index >= 15 is 0 Å². The standard InChI is InChI=1S/C13H20N2O5S2/c1-9(2)14-8-11-7-12(21(4,17)18)5-6-13(11)15(10(3)16)22(14,19)20/h5-7,9,19-20H,8H2,1-4H3. The third-order valence-electron chi connectivity index (χ3n) is 3.45. The number of nitrogens with zero attached hydrogens (tertiary/aromatic N) is 2. The topological polar surface area (TPSA) is 98.2 Å². The van der Waals surface area contributed by atoms with E-state index in [2.05, 4.69) is 0 Å². The highest BCUT2D eigenvalue weighted by molar-refractivity contribution is 8.24. The molecule has 0 spiro atoms. The summed E-state index contributed by atoms with van der Waals surface area (Å²) in [6.07, 6.45) is 1.11. The molecule has 0 bridgehead atoms. The van der Waals surface area contributed by atoms with Gasteiger partial charge in [0.1, 0.15) is 0 Å². The molecule has 0 saturated heterocycles. The lowest BCUT2D eigenvalue weighted by Gasteiger charge is -2.54. The van der Waals surface area contributed by atoms with Crippen LogP contribution >= 0.6 is 11.0 Å². The summed E-state index contributed by atoms with van der Waals surface area (Å²) < 4.78 is 46.6. The Kier molecular flexibility index (Phi) is 4.31. The van der Waals surface area contributed by atoms with Crippen LogP contribution in [0.4, 0.5) is 5.69 Å². The summed E-state index contributed by atoms with van der Waals surface area (Å²) in [4.78, 5) is 12.0. The van der Waals surface area contributed by atoms with Crippen LogP contribution in [0, 0.1) is 0 Å². The zero-order chi connectivity index (χ0) is 16.9. The van der Waals surface area contributed by atoms with Gasteiger partial charge in [0.25, 0.3) is 0 Å². The van der Waals surface area contributed by atoms with Crippen molar-refractivity contribution in [2.75, 3.05) is 10.6 Å². The fourth-order valence-corrected chi connectivity index (χ4v) is 4.96. The van der Waals surface area contributed by atoms with Gasteiger partial charge >= 0.3 is 0 Å². The number of hydrogen-bond acceptors (Lipinski definition) is 6. The van der Waals surface area contributed by atoms with E-state index in [1.165, 1.54) is 29.4 Å². The molecule has 9 heteroatoms. The molecule has 1 heterocycles. The van der Waals surface area contributed by atoms with Crippen molar-refractivity contribution in [2.24, 2.45) is 0 Å². The Morgan fingerprint density at radius 3 is 2.36 bits per heavy atom. The van der Waals surface area contributed by atoms with Gasteiger partial charge in [0.15, 0.2) is 9.84 Å². The molecule has 1 aliphatic heterocycles. The van der Waals surface area contributed by atoms with E-state index in [0.29, 0.717) is 11.3 Å². The van der Waals surface area contributed by atoms with Crippen LogP contribution in [0.5, 0.6) is 0 Å². The molecule has 0 saturated carbocycles. The zero-order valence-electron chi connectivity index (χ0n) is 12.8. The van der Waals surface area contributed by atoms with Crippen molar-refractivity contribution >= 4 is 32.4 Å². The Morgan fingerprint density at radius 2 is 1.91 bits per heavy atom. The SMILES string of the molecule is CC(=O)N1c2ccc(S(C)(=O)=O)cc2CN(C(C)C)S1(O)O. The van der Waals surface area contributed by atoms with Crippen molar-refractivity contribution in [3.05, 3.63) is 23.8 Å². The zero-order valence-corrected chi connectivity index (χ0v) is 14.5. The van der Waals surface area contributed by atoms with Crippen LogP contribution in [0.25, 0.3) is 0 Å². The van der Waals surface area contributed by atoms with Crippen LogP contribution in [0.1, 0.15) is 26.3 Å². The van der Waals surface area contributed by atoms with E-state index in [0.717, 1.165) is 10.6 Å². The summed E-state index contributed by atoms with van der Waals surface area (Å²) in [6, 6.07) is 4.05. The largest absolute Gasteiger partial charge is 0.273 e. The minimum atomic E-state index is -3.46. The molecule has 0 fully saturated rings. The predicted molar refractivity (Wildman–Crippen MR) is 86.2 cm³/mol. The van der Waals surface area contributed by atoms with Gasteiger partial charge in [-0.15, -0.1) is 0 Å². The van der Waals surface area contributed by atoms with E-state index in [-0.39, 0.29) is 17.5 Å². The molecule has 124 valence electrons. The smallest absolute Gasteiger partial charge is 0.243 e. The number of anilines is 1. The number of benzene rings is 1. The fraction of sp³-hybridized carbons (Fsp3) is 0.462. The molecule has 0 aromatic heterocycles. The summed E-state index contributed by atoms with van der Waals surface area (Å²) >= 11 is 0. The second-order valence-electron chi connectivity index (χ2n) is 5.53. The van der Waals surface area contributed by atoms with Crippen LogP contribution in [0.2, 0.25) is 0 Å². The molecule has 22 heavy (non-hydrogen) atoms. The van der Waals surface area contributed by atoms with Crippen LogP contribution in [-0.2, 0) is 21.2 Å². The van der Waals surface area contributed by atoms with Crippen molar-refractivity contribution in [3.8, 4) is 0 Å². The van der Waals surface area contributed by atoms with Crippen LogP contribution < -0.4 is 4.31 Å². The van der Waals surface area contributed by atoms with Crippen molar-refractivity contribution in [2.45, 2.75) is 38.3 Å². The van der Waals surface area contributed by atoms with Crippen molar-refractivity contribution in [1.82, 2.24) is 4.31 Å². The molecule has 1 aromatic carbocycles. The molecule has 0 atom stereocenters. The molecule has 1 aromatic rings. The molecule has 0 radical (unpaired) electrons. The number of hydrogen-bond donors (Lipinski definition) is 2. The summed E-state index contributed by atoms with van der Waals surface area (Å²) in [5.74, 6) is -0.515. The van der Waals surface area contributed by atoms with Crippen LogP contribution in [-0.4, -0.2) is 40.0 Å². The Bertz CT molecular complexity index is 715. The van der Waals surface area contributed by atoms with Crippen molar-refractivity contribution in [3.63, 3.8) is 0 Å². The van der Waals surface area contributed by atoms with Crippen LogP contribution in [0.3, 0.4) is 0 Å². The Hall–Kier alpha value is -1.13.